The summed E-state index contributed by atoms with van der Waals surface area (Å²) in [5, 5.41) is 11.0. The summed E-state index contributed by atoms with van der Waals surface area (Å²) in [6, 6.07) is 4.22. The van der Waals surface area contributed by atoms with Gasteiger partial charge < -0.3 is 10.0 Å². The third kappa shape index (κ3) is 3.06. The molecule has 16 heavy (non-hydrogen) atoms. The fraction of sp³-hybridized carbons (Fsp3) is 0.583. The van der Waals surface area contributed by atoms with E-state index in [0.717, 1.165) is 0 Å². The number of hydrogen-bond donors (Lipinski definition) is 1. The van der Waals surface area contributed by atoms with Gasteiger partial charge >= 0.3 is 5.97 Å². The minimum atomic E-state index is -0.742. The molecule has 4 heteroatoms. The third-order valence-electron chi connectivity index (χ3n) is 2.68. The van der Waals surface area contributed by atoms with E-state index in [0.29, 0.717) is 0 Å². The van der Waals surface area contributed by atoms with Crippen LogP contribution in [-0.4, -0.2) is 30.1 Å². The zero-order valence-corrected chi connectivity index (χ0v) is 11.0. The molecule has 0 amide bonds. The molecule has 0 fully saturated rings. The highest BCUT2D eigenvalue weighted by Crippen LogP contribution is 2.41. The molecule has 1 aromatic heterocycles. The second-order valence-corrected chi connectivity index (χ2v) is 5.92. The molecule has 0 bridgehead atoms. The summed E-state index contributed by atoms with van der Waals surface area (Å²) >= 11 is 1.68. The smallest absolute Gasteiger partial charge is 0.303 e. The molecule has 1 N–H and O–H groups in total. The highest BCUT2D eigenvalue weighted by atomic mass is 32.1. The van der Waals surface area contributed by atoms with Crippen molar-refractivity contribution in [2.75, 3.05) is 14.1 Å². The Bertz CT molecular complexity index is 344. The SMILES string of the molecule is CN(C)C(c1cccs1)C(C)(C)CC(=O)O. The van der Waals surface area contributed by atoms with Crippen molar-refractivity contribution in [3.05, 3.63) is 22.4 Å². The van der Waals surface area contributed by atoms with Crippen molar-refractivity contribution in [3.8, 4) is 0 Å². The van der Waals surface area contributed by atoms with Crippen LogP contribution in [0.2, 0.25) is 0 Å². The van der Waals surface area contributed by atoms with E-state index in [-0.39, 0.29) is 17.9 Å². The van der Waals surface area contributed by atoms with Crippen molar-refractivity contribution in [2.45, 2.75) is 26.3 Å². The van der Waals surface area contributed by atoms with Gasteiger partial charge in [0.05, 0.1) is 6.42 Å². The molecule has 1 aromatic rings. The normalized spacial score (nSPS) is 14.1. The molecule has 0 aliphatic heterocycles. The van der Waals surface area contributed by atoms with Crippen LogP contribution in [0.25, 0.3) is 0 Å². The van der Waals surface area contributed by atoms with E-state index in [1.165, 1.54) is 4.88 Å². The van der Waals surface area contributed by atoms with Crippen LogP contribution < -0.4 is 0 Å². The maximum Gasteiger partial charge on any atom is 0.303 e. The van der Waals surface area contributed by atoms with E-state index in [9.17, 15) is 4.79 Å². The number of carbonyl (C=O) groups is 1. The molecule has 3 nitrogen and oxygen atoms in total. The van der Waals surface area contributed by atoms with Crippen LogP contribution in [-0.2, 0) is 4.79 Å². The fourth-order valence-electron chi connectivity index (χ4n) is 2.27. The summed E-state index contributed by atoms with van der Waals surface area (Å²) in [7, 11) is 3.99. The van der Waals surface area contributed by atoms with Gasteiger partial charge in [-0.1, -0.05) is 19.9 Å². The Morgan fingerprint density at radius 1 is 1.56 bits per heavy atom. The van der Waals surface area contributed by atoms with Crippen molar-refractivity contribution < 1.29 is 9.90 Å². The Hall–Kier alpha value is -0.870. The van der Waals surface area contributed by atoms with Crippen LogP contribution in [0.3, 0.4) is 0 Å². The highest BCUT2D eigenvalue weighted by molar-refractivity contribution is 7.10. The molecule has 0 aromatic carbocycles. The number of carboxylic acid groups (broad SMARTS) is 1. The van der Waals surface area contributed by atoms with E-state index >= 15 is 0 Å². The average molecular weight is 241 g/mol. The predicted molar refractivity (Wildman–Crippen MR) is 66.8 cm³/mol. The standard InChI is InChI=1S/C12H19NO2S/c1-12(2,8-10(14)15)11(13(3)4)9-6-5-7-16-9/h5-7,11H,8H2,1-4H3,(H,14,15). The maximum absolute atomic E-state index is 10.9. The minimum absolute atomic E-state index is 0.142. The minimum Gasteiger partial charge on any atom is -0.481 e. The van der Waals surface area contributed by atoms with Gasteiger partial charge in [0.15, 0.2) is 0 Å². The molecular weight excluding hydrogens is 222 g/mol. The fourth-order valence-corrected chi connectivity index (χ4v) is 3.40. The topological polar surface area (TPSA) is 40.5 Å². The second-order valence-electron chi connectivity index (χ2n) is 4.94. The molecule has 0 spiro atoms. The molecule has 1 unspecified atom stereocenters. The van der Waals surface area contributed by atoms with Crippen LogP contribution in [0.1, 0.15) is 31.2 Å². The lowest BCUT2D eigenvalue weighted by Gasteiger charge is -2.37. The average Bonchev–Trinajstić information content (AvgIpc) is 2.52. The second kappa shape index (κ2) is 4.97. The lowest BCUT2D eigenvalue weighted by atomic mass is 9.80. The Labute approximate surface area is 101 Å². The molecule has 0 saturated carbocycles. The first-order valence-corrected chi connectivity index (χ1v) is 6.14. The summed E-state index contributed by atoms with van der Waals surface area (Å²) in [6.07, 6.45) is 0.174. The monoisotopic (exact) mass is 241 g/mol. The van der Waals surface area contributed by atoms with Crippen molar-refractivity contribution >= 4 is 17.3 Å². The van der Waals surface area contributed by atoms with Crippen LogP contribution >= 0.6 is 11.3 Å². The molecule has 0 aliphatic rings. The van der Waals surface area contributed by atoms with Gasteiger partial charge in [0.1, 0.15) is 0 Å². The Kier molecular flexibility index (Phi) is 4.10. The molecule has 0 radical (unpaired) electrons. The third-order valence-corrected chi connectivity index (χ3v) is 3.60. The summed E-state index contributed by atoms with van der Waals surface area (Å²) < 4.78 is 0. The molecule has 1 rings (SSSR count). The van der Waals surface area contributed by atoms with Crippen LogP contribution in [0, 0.1) is 5.41 Å². The Morgan fingerprint density at radius 3 is 2.56 bits per heavy atom. The number of thiophene rings is 1. The van der Waals surface area contributed by atoms with E-state index in [4.69, 9.17) is 5.11 Å². The lowest BCUT2D eigenvalue weighted by Crippen LogP contribution is -2.34. The molecule has 0 saturated heterocycles. The van der Waals surface area contributed by atoms with E-state index < -0.39 is 5.97 Å². The van der Waals surface area contributed by atoms with Gasteiger partial charge in [-0.2, -0.15) is 0 Å². The van der Waals surface area contributed by atoms with Gasteiger partial charge in [0.25, 0.3) is 0 Å². The summed E-state index contributed by atoms with van der Waals surface area (Å²) in [5.41, 5.74) is -0.278. The Balaban J connectivity index is 2.98. The summed E-state index contributed by atoms with van der Waals surface area (Å²) in [5.74, 6) is -0.742. The molecule has 90 valence electrons. The van der Waals surface area contributed by atoms with Crippen molar-refractivity contribution in [1.82, 2.24) is 4.90 Å². The highest BCUT2D eigenvalue weighted by Gasteiger charge is 2.35. The largest absolute Gasteiger partial charge is 0.481 e. The van der Waals surface area contributed by atoms with Gasteiger partial charge in [0.2, 0.25) is 0 Å². The number of nitrogens with zero attached hydrogens (tertiary/aromatic N) is 1. The molecule has 0 aliphatic carbocycles. The Morgan fingerprint density at radius 2 is 2.19 bits per heavy atom. The van der Waals surface area contributed by atoms with Gasteiger partial charge in [-0.3, -0.25) is 4.79 Å². The molecule has 1 heterocycles. The summed E-state index contributed by atoms with van der Waals surface area (Å²) in [4.78, 5) is 14.2. The predicted octanol–water partition coefficient (Wildman–Crippen LogP) is 2.85. The van der Waals surface area contributed by atoms with E-state index in [1.807, 2.05) is 39.4 Å². The van der Waals surface area contributed by atoms with E-state index in [2.05, 4.69) is 11.0 Å². The quantitative estimate of drug-likeness (QED) is 0.861. The zero-order chi connectivity index (χ0) is 12.3. The van der Waals surface area contributed by atoms with Crippen LogP contribution in [0.5, 0.6) is 0 Å². The van der Waals surface area contributed by atoms with Crippen LogP contribution in [0.15, 0.2) is 17.5 Å². The van der Waals surface area contributed by atoms with Gasteiger partial charge in [-0.15, -0.1) is 11.3 Å². The first-order chi connectivity index (χ1) is 7.34. The maximum atomic E-state index is 10.9. The van der Waals surface area contributed by atoms with Crippen molar-refractivity contribution in [2.24, 2.45) is 5.41 Å². The van der Waals surface area contributed by atoms with Crippen molar-refractivity contribution in [1.29, 1.82) is 0 Å². The lowest BCUT2D eigenvalue weighted by molar-refractivity contribution is -0.140. The number of hydrogen-bond acceptors (Lipinski definition) is 3. The number of aliphatic carboxylic acids is 1. The van der Waals surface area contributed by atoms with Gasteiger partial charge in [-0.25, -0.2) is 0 Å². The van der Waals surface area contributed by atoms with Gasteiger partial charge in [-0.05, 0) is 31.0 Å². The first-order valence-electron chi connectivity index (χ1n) is 5.26. The molecular formula is C12H19NO2S. The van der Waals surface area contributed by atoms with Crippen molar-refractivity contribution in [3.63, 3.8) is 0 Å². The van der Waals surface area contributed by atoms with E-state index in [1.54, 1.807) is 11.3 Å². The van der Waals surface area contributed by atoms with Crippen LogP contribution in [0.4, 0.5) is 0 Å². The number of rotatable bonds is 5. The first kappa shape index (κ1) is 13.2. The number of carboxylic acids is 1. The zero-order valence-electron chi connectivity index (χ0n) is 10.2. The molecule has 1 atom stereocenters. The summed E-state index contributed by atoms with van der Waals surface area (Å²) in [6.45, 7) is 4.01. The van der Waals surface area contributed by atoms with Gasteiger partial charge in [0, 0.05) is 10.9 Å².